The molecule has 0 fully saturated rings. The zero-order chi connectivity index (χ0) is 9.23. The molecule has 0 amide bonds. The fourth-order valence-corrected chi connectivity index (χ4v) is 0.960. The predicted octanol–water partition coefficient (Wildman–Crippen LogP) is 3.14. The maximum Gasteiger partial charge on any atom is 0.249 e. The number of hydrogen-bond donors (Lipinski definition) is 0. The van der Waals surface area contributed by atoms with Gasteiger partial charge in [0.2, 0.25) is 3.79 Å². The van der Waals surface area contributed by atoms with E-state index >= 15 is 0 Å². The van der Waals surface area contributed by atoms with Crippen molar-refractivity contribution in [1.82, 2.24) is 0 Å². The zero-order valence-electron chi connectivity index (χ0n) is 6.33. The van der Waals surface area contributed by atoms with Gasteiger partial charge in [-0.1, -0.05) is 53.9 Å². The van der Waals surface area contributed by atoms with E-state index in [0.717, 1.165) is 0 Å². The lowest BCUT2D eigenvalue weighted by atomic mass is 10.0. The Hall–Kier alpha value is 0.280. The average molecular weight is 216 g/mol. The van der Waals surface area contributed by atoms with Gasteiger partial charge in [0.1, 0.15) is 0 Å². The fourth-order valence-electron chi connectivity index (χ4n) is 0.469. The normalized spacial score (nSPS) is 14.3. The molecular weight excluding hydrogens is 206 g/mol. The van der Waals surface area contributed by atoms with Gasteiger partial charge in [0.05, 0.1) is 0 Å². The average Bonchev–Trinajstić information content (AvgIpc) is 1.82. The monoisotopic (exact) mass is 214 g/mol. The molecular formula is C7H9Cl3O. The number of Topliss-reactive ketones (excluding diaryl/α,β-unsaturated/α-hetero) is 1. The van der Waals surface area contributed by atoms with Gasteiger partial charge in [-0.2, -0.15) is 0 Å². The van der Waals surface area contributed by atoms with Gasteiger partial charge < -0.3 is 0 Å². The van der Waals surface area contributed by atoms with Crippen molar-refractivity contribution in [1.29, 1.82) is 0 Å². The van der Waals surface area contributed by atoms with E-state index < -0.39 is 15.5 Å². The number of rotatable bonds is 2. The first-order chi connectivity index (χ1) is 4.76. The number of ketones is 1. The van der Waals surface area contributed by atoms with Gasteiger partial charge in [0.15, 0.2) is 5.78 Å². The summed E-state index contributed by atoms with van der Waals surface area (Å²) in [6.07, 6.45) is 0. The second kappa shape index (κ2) is 3.79. The minimum atomic E-state index is -1.82. The minimum absolute atomic E-state index is 0.400. The predicted molar refractivity (Wildman–Crippen MR) is 49.3 cm³/mol. The Bertz CT molecular complexity index is 181. The highest BCUT2D eigenvalue weighted by Crippen LogP contribution is 2.31. The highest BCUT2D eigenvalue weighted by molar-refractivity contribution is 6.76. The van der Waals surface area contributed by atoms with E-state index in [0.29, 0.717) is 5.57 Å². The first kappa shape index (κ1) is 11.3. The van der Waals surface area contributed by atoms with E-state index in [9.17, 15) is 4.79 Å². The SMILES string of the molecule is C=C(C)C(C)C(=O)C(Cl)(Cl)Cl. The van der Waals surface area contributed by atoms with Crippen LogP contribution >= 0.6 is 34.8 Å². The Kier molecular flexibility index (Phi) is 3.89. The van der Waals surface area contributed by atoms with Crippen LogP contribution in [0.1, 0.15) is 13.8 Å². The molecule has 64 valence electrons. The van der Waals surface area contributed by atoms with Crippen molar-refractivity contribution in [2.24, 2.45) is 5.92 Å². The molecule has 1 atom stereocenters. The van der Waals surface area contributed by atoms with Crippen LogP contribution in [0.5, 0.6) is 0 Å². The molecule has 0 aromatic rings. The van der Waals surface area contributed by atoms with Crippen molar-refractivity contribution in [3.05, 3.63) is 12.2 Å². The number of hydrogen-bond acceptors (Lipinski definition) is 1. The van der Waals surface area contributed by atoms with Crippen LogP contribution in [0.4, 0.5) is 0 Å². The molecule has 0 aliphatic heterocycles. The Labute approximate surface area is 81.3 Å². The van der Waals surface area contributed by atoms with E-state index in [1.807, 2.05) is 0 Å². The molecule has 0 radical (unpaired) electrons. The quantitative estimate of drug-likeness (QED) is 0.511. The summed E-state index contributed by atoms with van der Waals surface area (Å²) in [6, 6.07) is 0. The van der Waals surface area contributed by atoms with Crippen molar-refractivity contribution in [3.63, 3.8) is 0 Å². The molecule has 0 aromatic heterocycles. The van der Waals surface area contributed by atoms with Crippen LogP contribution in [0.3, 0.4) is 0 Å². The van der Waals surface area contributed by atoms with Gasteiger partial charge >= 0.3 is 0 Å². The van der Waals surface area contributed by atoms with E-state index in [4.69, 9.17) is 34.8 Å². The third kappa shape index (κ3) is 3.46. The molecule has 0 aliphatic rings. The lowest BCUT2D eigenvalue weighted by Gasteiger charge is -2.15. The minimum Gasteiger partial charge on any atom is -0.294 e. The fraction of sp³-hybridized carbons (Fsp3) is 0.571. The summed E-state index contributed by atoms with van der Waals surface area (Å²) in [5.41, 5.74) is 0.696. The van der Waals surface area contributed by atoms with Crippen LogP contribution < -0.4 is 0 Å². The van der Waals surface area contributed by atoms with Crippen molar-refractivity contribution in [3.8, 4) is 0 Å². The van der Waals surface area contributed by atoms with Gasteiger partial charge in [0.25, 0.3) is 0 Å². The molecule has 0 heterocycles. The van der Waals surface area contributed by atoms with Gasteiger partial charge in [-0.15, -0.1) is 0 Å². The topological polar surface area (TPSA) is 17.1 Å². The zero-order valence-corrected chi connectivity index (χ0v) is 8.59. The smallest absolute Gasteiger partial charge is 0.249 e. The van der Waals surface area contributed by atoms with Crippen LogP contribution in [-0.2, 0) is 4.79 Å². The van der Waals surface area contributed by atoms with Gasteiger partial charge in [-0.05, 0) is 6.92 Å². The highest BCUT2D eigenvalue weighted by atomic mass is 35.6. The van der Waals surface area contributed by atoms with E-state index in [-0.39, 0.29) is 0 Å². The summed E-state index contributed by atoms with van der Waals surface area (Å²) in [7, 11) is 0. The van der Waals surface area contributed by atoms with E-state index in [2.05, 4.69) is 6.58 Å². The molecule has 0 N–H and O–H groups in total. The van der Waals surface area contributed by atoms with Gasteiger partial charge in [-0.3, -0.25) is 4.79 Å². The standard InChI is InChI=1S/C7H9Cl3O/c1-4(2)5(3)6(11)7(8,9)10/h5H,1H2,2-3H3. The van der Waals surface area contributed by atoms with Crippen LogP contribution in [0.15, 0.2) is 12.2 Å². The largest absolute Gasteiger partial charge is 0.294 e. The number of halogens is 3. The van der Waals surface area contributed by atoms with Crippen LogP contribution in [-0.4, -0.2) is 9.58 Å². The molecule has 11 heavy (non-hydrogen) atoms. The molecule has 0 rings (SSSR count). The summed E-state index contributed by atoms with van der Waals surface area (Å²) in [5.74, 6) is -0.836. The summed E-state index contributed by atoms with van der Waals surface area (Å²) < 4.78 is -1.82. The Morgan fingerprint density at radius 3 is 1.91 bits per heavy atom. The van der Waals surface area contributed by atoms with Crippen molar-refractivity contribution in [2.45, 2.75) is 17.6 Å². The summed E-state index contributed by atoms with van der Waals surface area (Å²) in [4.78, 5) is 11.1. The number of allylic oxidation sites excluding steroid dienone is 1. The van der Waals surface area contributed by atoms with Gasteiger partial charge in [-0.25, -0.2) is 0 Å². The molecule has 0 aromatic carbocycles. The van der Waals surface area contributed by atoms with Crippen LogP contribution in [0, 0.1) is 5.92 Å². The number of alkyl halides is 3. The lowest BCUT2D eigenvalue weighted by Crippen LogP contribution is -2.26. The molecule has 0 saturated carbocycles. The summed E-state index contributed by atoms with van der Waals surface area (Å²) in [6.45, 7) is 6.97. The van der Waals surface area contributed by atoms with Crippen molar-refractivity contribution < 1.29 is 4.79 Å². The van der Waals surface area contributed by atoms with E-state index in [1.54, 1.807) is 13.8 Å². The van der Waals surface area contributed by atoms with Gasteiger partial charge in [0, 0.05) is 5.92 Å². The third-order valence-electron chi connectivity index (χ3n) is 1.41. The summed E-state index contributed by atoms with van der Waals surface area (Å²) >= 11 is 16.1. The molecule has 1 unspecified atom stereocenters. The molecule has 0 bridgehead atoms. The lowest BCUT2D eigenvalue weighted by molar-refractivity contribution is -0.120. The summed E-state index contributed by atoms with van der Waals surface area (Å²) in [5, 5.41) is 0. The molecule has 1 nitrogen and oxygen atoms in total. The highest BCUT2D eigenvalue weighted by Gasteiger charge is 2.34. The first-order valence-corrected chi connectivity index (χ1v) is 4.16. The van der Waals surface area contributed by atoms with Crippen molar-refractivity contribution in [2.75, 3.05) is 0 Å². The number of carbonyl (C=O) groups is 1. The second-order valence-corrected chi connectivity index (χ2v) is 4.71. The first-order valence-electron chi connectivity index (χ1n) is 3.03. The van der Waals surface area contributed by atoms with Crippen LogP contribution in [0.25, 0.3) is 0 Å². The third-order valence-corrected chi connectivity index (χ3v) is 1.97. The molecule has 0 saturated heterocycles. The Morgan fingerprint density at radius 1 is 1.45 bits per heavy atom. The Morgan fingerprint density at radius 2 is 1.82 bits per heavy atom. The molecule has 0 spiro atoms. The van der Waals surface area contributed by atoms with E-state index in [1.165, 1.54) is 0 Å². The second-order valence-electron chi connectivity index (χ2n) is 2.43. The number of carbonyl (C=O) groups excluding carboxylic acids is 1. The Balaban J connectivity index is 4.39. The van der Waals surface area contributed by atoms with Crippen molar-refractivity contribution >= 4 is 40.6 Å². The molecule has 0 aliphatic carbocycles. The maximum atomic E-state index is 11.1. The molecule has 4 heteroatoms. The van der Waals surface area contributed by atoms with Crippen LogP contribution in [0.2, 0.25) is 0 Å². The maximum absolute atomic E-state index is 11.1.